The maximum absolute atomic E-state index is 4.10. The second kappa shape index (κ2) is 3.46. The number of hydrogen-bond donors (Lipinski definition) is 0. The minimum atomic E-state index is 0.986. The Labute approximate surface area is 65.0 Å². The van der Waals surface area contributed by atoms with Crippen LogP contribution in [0.3, 0.4) is 0 Å². The monoisotopic (exact) mass is 153 g/mol. The fraction of sp³-hybridized carbons (Fsp3) is 0.143. The fourth-order valence-electron chi connectivity index (χ4n) is 0.574. The van der Waals surface area contributed by atoms with E-state index in [1.807, 2.05) is 23.6 Å². The van der Waals surface area contributed by atoms with Crippen molar-refractivity contribution >= 4 is 11.8 Å². The number of hydrogen-bond acceptors (Lipinski definition) is 2. The Balaban J connectivity index is 2.56. The molecule has 3 heteroatoms. The Morgan fingerprint density at radius 2 is 2.60 bits per heavy atom. The van der Waals surface area contributed by atoms with Crippen molar-refractivity contribution in [1.29, 1.82) is 0 Å². The first-order valence-electron chi connectivity index (χ1n) is 2.93. The zero-order valence-electron chi connectivity index (χ0n) is 5.82. The van der Waals surface area contributed by atoms with Crippen LogP contribution < -0.4 is 0 Å². The van der Waals surface area contributed by atoms with Gasteiger partial charge in [-0.2, -0.15) is 0 Å². The molecule has 1 aromatic heterocycles. The Kier molecular flexibility index (Phi) is 2.57. The van der Waals surface area contributed by atoms with Crippen molar-refractivity contribution in [3.8, 4) is 0 Å². The number of nitrogens with zero attached hydrogens (tertiary/aromatic N) is 2. The molecule has 0 N–H and O–H groups in total. The van der Waals surface area contributed by atoms with Crippen LogP contribution in [0.1, 0.15) is 0 Å². The second-order valence-electron chi connectivity index (χ2n) is 1.81. The molecular weight excluding hydrogens is 144 g/mol. The van der Waals surface area contributed by atoms with Crippen LogP contribution in [0, 0.1) is 5.75 Å². The highest BCUT2D eigenvalue weighted by molar-refractivity contribution is 8.01. The minimum Gasteiger partial charge on any atom is -0.329 e. The average Bonchev–Trinajstić information content (AvgIpc) is 2.31. The lowest BCUT2D eigenvalue weighted by Gasteiger charge is -1.95. The van der Waals surface area contributed by atoms with Crippen LogP contribution in [0.15, 0.2) is 30.2 Å². The third-order valence-electron chi connectivity index (χ3n) is 1.05. The molecular formula is C7H9N2S. The molecule has 0 amide bonds. The molecule has 1 aromatic rings. The van der Waals surface area contributed by atoms with Crippen LogP contribution in [-0.4, -0.2) is 9.55 Å². The van der Waals surface area contributed by atoms with E-state index < -0.39 is 0 Å². The SMILES string of the molecule is C=C[CH]Sc1nccn1C. The van der Waals surface area contributed by atoms with Gasteiger partial charge in [-0.25, -0.2) is 4.98 Å². The van der Waals surface area contributed by atoms with Crippen LogP contribution in [0.2, 0.25) is 0 Å². The van der Waals surface area contributed by atoms with Gasteiger partial charge >= 0.3 is 0 Å². The first-order chi connectivity index (χ1) is 4.84. The van der Waals surface area contributed by atoms with Crippen LogP contribution in [0.5, 0.6) is 0 Å². The van der Waals surface area contributed by atoms with E-state index in [9.17, 15) is 0 Å². The Morgan fingerprint density at radius 3 is 3.10 bits per heavy atom. The van der Waals surface area contributed by atoms with Crippen molar-refractivity contribution < 1.29 is 0 Å². The largest absolute Gasteiger partial charge is 0.329 e. The van der Waals surface area contributed by atoms with Crippen molar-refractivity contribution in [3.63, 3.8) is 0 Å². The summed E-state index contributed by atoms with van der Waals surface area (Å²) < 4.78 is 1.96. The highest BCUT2D eigenvalue weighted by Gasteiger charge is 1.95. The molecule has 10 heavy (non-hydrogen) atoms. The van der Waals surface area contributed by atoms with Crippen molar-refractivity contribution in [1.82, 2.24) is 9.55 Å². The van der Waals surface area contributed by atoms with Crippen LogP contribution in [-0.2, 0) is 7.05 Å². The van der Waals surface area contributed by atoms with Gasteiger partial charge in [0, 0.05) is 25.2 Å². The molecule has 2 nitrogen and oxygen atoms in total. The summed E-state index contributed by atoms with van der Waals surface area (Å²) in [7, 11) is 1.96. The predicted octanol–water partition coefficient (Wildman–Crippen LogP) is 1.86. The number of rotatable bonds is 3. The zero-order chi connectivity index (χ0) is 7.40. The van der Waals surface area contributed by atoms with Crippen molar-refractivity contribution in [3.05, 3.63) is 30.8 Å². The molecule has 1 rings (SSSR count). The summed E-state index contributed by atoms with van der Waals surface area (Å²) in [6, 6.07) is 0. The summed E-state index contributed by atoms with van der Waals surface area (Å²) in [6.45, 7) is 3.58. The lowest BCUT2D eigenvalue weighted by Crippen LogP contribution is -1.86. The number of aromatic nitrogens is 2. The molecule has 0 saturated heterocycles. The standard InChI is InChI=1S/C7H9N2S/c1-3-6-10-7-8-4-5-9(7)2/h3-6H,1H2,2H3. The Hall–Kier alpha value is -0.700. The molecule has 53 valence electrons. The number of imidazole rings is 1. The summed E-state index contributed by atoms with van der Waals surface area (Å²) >= 11 is 1.56. The Bertz CT molecular complexity index is 217. The molecule has 0 bridgehead atoms. The van der Waals surface area contributed by atoms with Crippen LogP contribution in [0.4, 0.5) is 0 Å². The maximum Gasteiger partial charge on any atom is 0.168 e. The van der Waals surface area contributed by atoms with Gasteiger partial charge in [0.1, 0.15) is 0 Å². The van der Waals surface area contributed by atoms with E-state index in [1.54, 1.807) is 24.0 Å². The van der Waals surface area contributed by atoms with Gasteiger partial charge in [-0.05, 0) is 0 Å². The van der Waals surface area contributed by atoms with Crippen LogP contribution >= 0.6 is 11.8 Å². The molecule has 0 atom stereocenters. The zero-order valence-corrected chi connectivity index (χ0v) is 6.64. The van der Waals surface area contributed by atoms with E-state index in [0.717, 1.165) is 5.16 Å². The molecule has 0 aromatic carbocycles. The van der Waals surface area contributed by atoms with E-state index in [4.69, 9.17) is 0 Å². The molecule has 0 aliphatic rings. The third-order valence-corrected chi connectivity index (χ3v) is 1.98. The highest BCUT2D eigenvalue weighted by Crippen LogP contribution is 2.16. The van der Waals surface area contributed by atoms with E-state index in [1.165, 1.54) is 0 Å². The first-order valence-corrected chi connectivity index (χ1v) is 3.81. The van der Waals surface area contributed by atoms with Gasteiger partial charge in [-0.15, -0.1) is 6.58 Å². The molecule has 0 aliphatic heterocycles. The van der Waals surface area contributed by atoms with Gasteiger partial charge in [0.2, 0.25) is 0 Å². The number of thioether (sulfide) groups is 1. The van der Waals surface area contributed by atoms with Crippen LogP contribution in [0.25, 0.3) is 0 Å². The third kappa shape index (κ3) is 1.64. The highest BCUT2D eigenvalue weighted by atomic mass is 32.2. The molecule has 0 fully saturated rings. The lowest BCUT2D eigenvalue weighted by atomic mass is 10.8. The molecule has 1 radical (unpaired) electrons. The Morgan fingerprint density at radius 1 is 1.80 bits per heavy atom. The molecule has 1 heterocycles. The van der Waals surface area contributed by atoms with E-state index in [-0.39, 0.29) is 0 Å². The van der Waals surface area contributed by atoms with Gasteiger partial charge in [-0.1, -0.05) is 17.8 Å². The molecule has 0 saturated carbocycles. The van der Waals surface area contributed by atoms with Crippen molar-refractivity contribution in [2.45, 2.75) is 5.16 Å². The van der Waals surface area contributed by atoms with Gasteiger partial charge in [-0.3, -0.25) is 0 Å². The van der Waals surface area contributed by atoms with E-state index >= 15 is 0 Å². The summed E-state index contributed by atoms with van der Waals surface area (Å²) in [5, 5.41) is 0.986. The summed E-state index contributed by atoms with van der Waals surface area (Å²) in [5.74, 6) is 1.91. The number of aryl methyl sites for hydroxylation is 1. The normalized spacial score (nSPS) is 9.70. The van der Waals surface area contributed by atoms with Gasteiger partial charge in [0.05, 0.1) is 0 Å². The summed E-state index contributed by atoms with van der Waals surface area (Å²) in [5.41, 5.74) is 0. The predicted molar refractivity (Wildman–Crippen MR) is 43.6 cm³/mol. The van der Waals surface area contributed by atoms with Gasteiger partial charge in [0.25, 0.3) is 0 Å². The van der Waals surface area contributed by atoms with Gasteiger partial charge < -0.3 is 4.57 Å². The lowest BCUT2D eigenvalue weighted by molar-refractivity contribution is 0.792. The van der Waals surface area contributed by atoms with E-state index in [2.05, 4.69) is 11.6 Å². The fourth-order valence-corrected chi connectivity index (χ4v) is 1.14. The van der Waals surface area contributed by atoms with Crippen molar-refractivity contribution in [2.75, 3.05) is 0 Å². The average molecular weight is 153 g/mol. The molecule has 0 aliphatic carbocycles. The topological polar surface area (TPSA) is 17.8 Å². The van der Waals surface area contributed by atoms with Gasteiger partial charge in [0.15, 0.2) is 5.16 Å². The molecule has 0 spiro atoms. The first kappa shape index (κ1) is 7.41. The minimum absolute atomic E-state index is 0.986. The smallest absolute Gasteiger partial charge is 0.168 e. The van der Waals surface area contributed by atoms with Crippen molar-refractivity contribution in [2.24, 2.45) is 7.05 Å². The second-order valence-corrected chi connectivity index (χ2v) is 2.68. The quantitative estimate of drug-likeness (QED) is 0.617. The van der Waals surface area contributed by atoms with E-state index in [0.29, 0.717) is 0 Å². The summed E-state index contributed by atoms with van der Waals surface area (Å²) in [6.07, 6.45) is 5.44. The maximum atomic E-state index is 4.10. The summed E-state index contributed by atoms with van der Waals surface area (Å²) in [4.78, 5) is 4.10. The molecule has 0 unspecified atom stereocenters.